The molecule has 6 heteroatoms. The van der Waals surface area contributed by atoms with Crippen molar-refractivity contribution in [3.05, 3.63) is 28.2 Å². The second kappa shape index (κ2) is 8.01. The van der Waals surface area contributed by atoms with Gasteiger partial charge in [0.2, 0.25) is 5.91 Å². The number of hydrogen-bond acceptors (Lipinski definition) is 4. The quantitative estimate of drug-likeness (QED) is 0.805. The topological polar surface area (TPSA) is 58.6 Å². The van der Waals surface area contributed by atoms with Gasteiger partial charge in [0.25, 0.3) is 0 Å². The number of esters is 1. The maximum Gasteiger partial charge on any atom is 0.320 e. The van der Waals surface area contributed by atoms with Crippen molar-refractivity contribution in [2.24, 2.45) is 0 Å². The maximum atomic E-state index is 11.9. The molecule has 1 N–H and O–H groups in total. The largest absolute Gasteiger partial charge is 0.465 e. The summed E-state index contributed by atoms with van der Waals surface area (Å²) in [5, 5.41) is 2.79. The molecule has 1 rings (SSSR count). The molecule has 0 radical (unpaired) electrons. The first-order valence-electron chi connectivity index (χ1n) is 6.32. The number of rotatable bonds is 6. The SMILES string of the molecule is CCOC(=O)CN(C)CC(=O)Nc1ccc(C)cc1Br. The molecule has 20 heavy (non-hydrogen) atoms. The van der Waals surface area contributed by atoms with Gasteiger partial charge in [0.15, 0.2) is 0 Å². The Bertz CT molecular complexity index is 491. The molecule has 5 nitrogen and oxygen atoms in total. The molecule has 0 saturated heterocycles. The van der Waals surface area contributed by atoms with Gasteiger partial charge in [-0.1, -0.05) is 6.07 Å². The molecule has 0 aromatic heterocycles. The lowest BCUT2D eigenvalue weighted by Gasteiger charge is -2.15. The number of amides is 1. The monoisotopic (exact) mass is 342 g/mol. The van der Waals surface area contributed by atoms with E-state index in [9.17, 15) is 9.59 Å². The fourth-order valence-corrected chi connectivity index (χ4v) is 2.23. The summed E-state index contributed by atoms with van der Waals surface area (Å²) in [6.45, 7) is 4.29. The predicted molar refractivity (Wildman–Crippen MR) is 81.6 cm³/mol. The molecule has 0 unspecified atom stereocenters. The van der Waals surface area contributed by atoms with Crippen LogP contribution in [0.4, 0.5) is 5.69 Å². The van der Waals surface area contributed by atoms with E-state index >= 15 is 0 Å². The summed E-state index contributed by atoms with van der Waals surface area (Å²) in [5.74, 6) is -0.513. The maximum absolute atomic E-state index is 11.9. The summed E-state index contributed by atoms with van der Waals surface area (Å²) in [6.07, 6.45) is 0. The van der Waals surface area contributed by atoms with E-state index in [2.05, 4.69) is 21.2 Å². The number of aryl methyl sites for hydroxylation is 1. The van der Waals surface area contributed by atoms with Gasteiger partial charge in [0.05, 0.1) is 25.4 Å². The molecule has 0 saturated carbocycles. The third kappa shape index (κ3) is 5.71. The summed E-state index contributed by atoms with van der Waals surface area (Å²) in [7, 11) is 1.70. The van der Waals surface area contributed by atoms with Crippen molar-refractivity contribution in [3.8, 4) is 0 Å². The Morgan fingerprint density at radius 1 is 1.35 bits per heavy atom. The number of benzene rings is 1. The number of hydrogen-bond donors (Lipinski definition) is 1. The van der Waals surface area contributed by atoms with Gasteiger partial charge in [0, 0.05) is 4.47 Å². The molecular weight excluding hydrogens is 324 g/mol. The van der Waals surface area contributed by atoms with Gasteiger partial charge in [-0.2, -0.15) is 0 Å². The third-order valence-electron chi connectivity index (χ3n) is 2.52. The number of carbonyl (C=O) groups excluding carboxylic acids is 2. The van der Waals surface area contributed by atoms with Crippen LogP contribution in [0.3, 0.4) is 0 Å². The Kier molecular flexibility index (Phi) is 6.67. The first-order chi connectivity index (χ1) is 9.42. The highest BCUT2D eigenvalue weighted by Crippen LogP contribution is 2.23. The van der Waals surface area contributed by atoms with E-state index in [1.165, 1.54) is 0 Å². The van der Waals surface area contributed by atoms with E-state index in [0.717, 1.165) is 10.0 Å². The van der Waals surface area contributed by atoms with Crippen molar-refractivity contribution in [3.63, 3.8) is 0 Å². The molecule has 0 aliphatic rings. The van der Waals surface area contributed by atoms with Crippen LogP contribution in [0.15, 0.2) is 22.7 Å². The van der Waals surface area contributed by atoms with Crippen LogP contribution in [0.25, 0.3) is 0 Å². The lowest BCUT2D eigenvalue weighted by atomic mass is 10.2. The zero-order chi connectivity index (χ0) is 15.1. The molecule has 0 aliphatic carbocycles. The Balaban J connectivity index is 2.49. The number of anilines is 1. The molecule has 0 heterocycles. The van der Waals surface area contributed by atoms with E-state index in [-0.39, 0.29) is 25.0 Å². The summed E-state index contributed by atoms with van der Waals surface area (Å²) in [5.41, 5.74) is 1.82. The summed E-state index contributed by atoms with van der Waals surface area (Å²) in [6, 6.07) is 5.68. The minimum absolute atomic E-state index is 0.0936. The van der Waals surface area contributed by atoms with Crippen LogP contribution in [-0.2, 0) is 14.3 Å². The molecule has 1 aromatic carbocycles. The van der Waals surface area contributed by atoms with E-state index in [0.29, 0.717) is 12.3 Å². The summed E-state index contributed by atoms with van der Waals surface area (Å²) in [4.78, 5) is 24.8. The van der Waals surface area contributed by atoms with Crippen molar-refractivity contribution >= 4 is 33.5 Å². The Labute approximate surface area is 127 Å². The van der Waals surface area contributed by atoms with Crippen LogP contribution in [-0.4, -0.2) is 43.5 Å². The van der Waals surface area contributed by atoms with Crippen molar-refractivity contribution in [1.29, 1.82) is 0 Å². The second-order valence-electron chi connectivity index (χ2n) is 4.51. The number of nitrogens with zero attached hydrogens (tertiary/aromatic N) is 1. The predicted octanol–water partition coefficient (Wildman–Crippen LogP) is 2.19. The van der Waals surface area contributed by atoms with Crippen LogP contribution in [0, 0.1) is 6.92 Å². The summed E-state index contributed by atoms with van der Waals surface area (Å²) < 4.78 is 5.66. The normalized spacial score (nSPS) is 10.4. The van der Waals surface area contributed by atoms with Crippen LogP contribution < -0.4 is 5.32 Å². The average Bonchev–Trinajstić information content (AvgIpc) is 2.32. The molecule has 0 fully saturated rings. The number of likely N-dealkylation sites (N-methyl/N-ethyl adjacent to an activating group) is 1. The third-order valence-corrected chi connectivity index (χ3v) is 3.17. The number of carbonyl (C=O) groups is 2. The van der Waals surface area contributed by atoms with Crippen LogP contribution >= 0.6 is 15.9 Å². The lowest BCUT2D eigenvalue weighted by Crippen LogP contribution is -2.34. The van der Waals surface area contributed by atoms with Gasteiger partial charge in [-0.15, -0.1) is 0 Å². The molecule has 1 aromatic rings. The van der Waals surface area contributed by atoms with Crippen molar-refractivity contribution < 1.29 is 14.3 Å². The van der Waals surface area contributed by atoms with E-state index in [1.807, 2.05) is 25.1 Å². The fraction of sp³-hybridized carbons (Fsp3) is 0.429. The van der Waals surface area contributed by atoms with Gasteiger partial charge in [0.1, 0.15) is 0 Å². The molecule has 1 amide bonds. The van der Waals surface area contributed by atoms with Gasteiger partial charge in [-0.25, -0.2) is 0 Å². The van der Waals surface area contributed by atoms with Gasteiger partial charge in [-0.05, 0) is 54.5 Å². The Morgan fingerprint density at radius 3 is 2.65 bits per heavy atom. The minimum atomic E-state index is -0.334. The minimum Gasteiger partial charge on any atom is -0.465 e. The van der Waals surface area contributed by atoms with Crippen LogP contribution in [0.5, 0.6) is 0 Å². The lowest BCUT2D eigenvalue weighted by molar-refractivity contribution is -0.144. The van der Waals surface area contributed by atoms with E-state index < -0.39 is 0 Å². The number of nitrogens with one attached hydrogen (secondary N) is 1. The second-order valence-corrected chi connectivity index (χ2v) is 5.36. The summed E-state index contributed by atoms with van der Waals surface area (Å²) >= 11 is 3.40. The van der Waals surface area contributed by atoms with Crippen LogP contribution in [0.2, 0.25) is 0 Å². The van der Waals surface area contributed by atoms with Crippen molar-refractivity contribution in [2.45, 2.75) is 13.8 Å². The molecule has 0 aliphatic heterocycles. The van der Waals surface area contributed by atoms with Crippen molar-refractivity contribution in [1.82, 2.24) is 4.90 Å². The number of ether oxygens (including phenoxy) is 1. The zero-order valence-electron chi connectivity index (χ0n) is 11.9. The first kappa shape index (κ1) is 16.7. The van der Waals surface area contributed by atoms with Crippen LogP contribution in [0.1, 0.15) is 12.5 Å². The highest BCUT2D eigenvalue weighted by atomic mass is 79.9. The van der Waals surface area contributed by atoms with E-state index in [1.54, 1.807) is 18.9 Å². The molecular formula is C14H19BrN2O3. The van der Waals surface area contributed by atoms with E-state index in [4.69, 9.17) is 4.74 Å². The Morgan fingerprint density at radius 2 is 2.05 bits per heavy atom. The zero-order valence-corrected chi connectivity index (χ0v) is 13.5. The van der Waals surface area contributed by atoms with Gasteiger partial charge < -0.3 is 10.1 Å². The van der Waals surface area contributed by atoms with Gasteiger partial charge in [-0.3, -0.25) is 14.5 Å². The average molecular weight is 343 g/mol. The Hall–Kier alpha value is -1.40. The van der Waals surface area contributed by atoms with Crippen molar-refractivity contribution in [2.75, 3.05) is 32.1 Å². The number of halogens is 1. The highest BCUT2D eigenvalue weighted by molar-refractivity contribution is 9.10. The highest BCUT2D eigenvalue weighted by Gasteiger charge is 2.12. The molecule has 0 atom stereocenters. The van der Waals surface area contributed by atoms with Gasteiger partial charge >= 0.3 is 5.97 Å². The standard InChI is InChI=1S/C14H19BrN2O3/c1-4-20-14(19)9-17(3)8-13(18)16-12-6-5-10(2)7-11(12)15/h5-7H,4,8-9H2,1-3H3,(H,16,18). The smallest absolute Gasteiger partial charge is 0.320 e. The molecule has 110 valence electrons. The molecule has 0 bridgehead atoms. The first-order valence-corrected chi connectivity index (χ1v) is 7.11. The molecule has 0 spiro atoms. The fourth-order valence-electron chi connectivity index (χ4n) is 1.64.